The van der Waals surface area contributed by atoms with Crippen LogP contribution in [-0.2, 0) is 0 Å². The van der Waals surface area contributed by atoms with E-state index in [-0.39, 0.29) is 0 Å². The summed E-state index contributed by atoms with van der Waals surface area (Å²) in [6.45, 7) is 2.23. The van der Waals surface area contributed by atoms with E-state index in [1.807, 2.05) is 26.4 Å². The maximum Gasteiger partial charge on any atom is 0.125 e. The first-order chi connectivity index (χ1) is 7.83. The summed E-state index contributed by atoms with van der Waals surface area (Å²) in [6.07, 6.45) is 4.38. The molecule has 4 nitrogen and oxygen atoms in total. The minimum absolute atomic E-state index is 0.681. The second-order valence-electron chi connectivity index (χ2n) is 4.20. The van der Waals surface area contributed by atoms with Crippen LogP contribution in [0.25, 0.3) is 0 Å². The average molecular weight is 220 g/mol. The van der Waals surface area contributed by atoms with Gasteiger partial charge in [0.2, 0.25) is 0 Å². The number of hydrogen-bond acceptors (Lipinski definition) is 4. The van der Waals surface area contributed by atoms with Crippen molar-refractivity contribution < 1.29 is 0 Å². The third kappa shape index (κ3) is 2.44. The van der Waals surface area contributed by atoms with Crippen molar-refractivity contribution in [3.8, 4) is 0 Å². The number of pyridine rings is 1. The Bertz CT molecular complexity index is 314. The van der Waals surface area contributed by atoms with Gasteiger partial charge >= 0.3 is 0 Å². The van der Waals surface area contributed by atoms with Gasteiger partial charge in [-0.15, -0.1) is 0 Å². The molecule has 0 aliphatic carbocycles. The normalized spacial score (nSPS) is 17.5. The first-order valence-electron chi connectivity index (χ1n) is 5.89. The van der Waals surface area contributed by atoms with Gasteiger partial charge in [-0.1, -0.05) is 0 Å². The van der Waals surface area contributed by atoms with Crippen LogP contribution in [0, 0.1) is 0 Å². The Labute approximate surface area is 97.1 Å². The van der Waals surface area contributed by atoms with Gasteiger partial charge in [-0.2, -0.15) is 0 Å². The Kier molecular flexibility index (Phi) is 3.62. The Hall–Kier alpha value is -1.29. The molecule has 0 saturated carbocycles. The number of nitrogens with one attached hydrogen (secondary N) is 2. The minimum atomic E-state index is 0.681. The predicted molar refractivity (Wildman–Crippen MR) is 68.1 cm³/mol. The van der Waals surface area contributed by atoms with Crippen LogP contribution >= 0.6 is 0 Å². The van der Waals surface area contributed by atoms with Crippen molar-refractivity contribution in [2.24, 2.45) is 0 Å². The minimum Gasteiger partial charge on any atom is -0.373 e. The summed E-state index contributed by atoms with van der Waals surface area (Å²) in [6, 6.07) is 4.85. The zero-order chi connectivity index (χ0) is 11.4. The van der Waals surface area contributed by atoms with Crippen LogP contribution < -0.4 is 15.5 Å². The molecule has 0 spiro atoms. The monoisotopic (exact) mass is 220 g/mol. The lowest BCUT2D eigenvalue weighted by Crippen LogP contribution is -2.41. The third-order valence-electron chi connectivity index (χ3n) is 3.27. The zero-order valence-corrected chi connectivity index (χ0v) is 10.0. The Morgan fingerprint density at radius 2 is 2.00 bits per heavy atom. The van der Waals surface area contributed by atoms with E-state index < -0.39 is 0 Å². The van der Waals surface area contributed by atoms with Crippen molar-refractivity contribution in [2.75, 3.05) is 37.4 Å². The summed E-state index contributed by atoms with van der Waals surface area (Å²) < 4.78 is 0. The molecule has 2 N–H and O–H groups in total. The number of anilines is 2. The molecular weight excluding hydrogens is 200 g/mol. The van der Waals surface area contributed by atoms with Gasteiger partial charge in [-0.25, -0.2) is 4.98 Å². The molecule has 2 heterocycles. The molecule has 1 aromatic rings. The second-order valence-corrected chi connectivity index (χ2v) is 4.20. The Morgan fingerprint density at radius 3 is 2.50 bits per heavy atom. The molecular formula is C12H20N4. The van der Waals surface area contributed by atoms with Crippen molar-refractivity contribution >= 4 is 11.5 Å². The van der Waals surface area contributed by atoms with Gasteiger partial charge in [0.15, 0.2) is 0 Å². The van der Waals surface area contributed by atoms with Crippen LogP contribution in [0.5, 0.6) is 0 Å². The van der Waals surface area contributed by atoms with E-state index in [4.69, 9.17) is 0 Å². The van der Waals surface area contributed by atoms with E-state index in [0.717, 1.165) is 18.9 Å². The number of hydrogen-bond donors (Lipinski definition) is 2. The molecule has 1 aromatic heterocycles. The fourth-order valence-corrected chi connectivity index (χ4v) is 2.15. The van der Waals surface area contributed by atoms with Crippen molar-refractivity contribution in [1.29, 1.82) is 0 Å². The molecule has 2 rings (SSSR count). The molecule has 1 saturated heterocycles. The van der Waals surface area contributed by atoms with Crippen LogP contribution in [0.4, 0.5) is 11.5 Å². The molecule has 88 valence electrons. The molecule has 1 aliphatic rings. The largest absolute Gasteiger partial charge is 0.373 e. The Morgan fingerprint density at radius 1 is 1.25 bits per heavy atom. The topological polar surface area (TPSA) is 40.2 Å². The van der Waals surface area contributed by atoms with Crippen molar-refractivity contribution in [3.05, 3.63) is 18.3 Å². The summed E-state index contributed by atoms with van der Waals surface area (Å²) in [7, 11) is 3.93. The molecule has 0 unspecified atom stereocenters. The van der Waals surface area contributed by atoms with Gasteiger partial charge in [0.05, 0.1) is 11.9 Å². The van der Waals surface area contributed by atoms with E-state index in [9.17, 15) is 0 Å². The van der Waals surface area contributed by atoms with E-state index in [1.54, 1.807) is 0 Å². The van der Waals surface area contributed by atoms with Crippen LogP contribution in [0.1, 0.15) is 12.8 Å². The van der Waals surface area contributed by atoms with E-state index in [0.29, 0.717) is 6.04 Å². The number of rotatable bonds is 3. The highest BCUT2D eigenvalue weighted by atomic mass is 15.2. The van der Waals surface area contributed by atoms with Gasteiger partial charge in [-0.3, -0.25) is 0 Å². The molecule has 0 amide bonds. The molecule has 0 atom stereocenters. The molecule has 1 fully saturated rings. The van der Waals surface area contributed by atoms with Gasteiger partial charge in [0.25, 0.3) is 0 Å². The maximum absolute atomic E-state index is 4.34. The van der Waals surface area contributed by atoms with E-state index >= 15 is 0 Å². The van der Waals surface area contributed by atoms with Crippen molar-refractivity contribution in [1.82, 2.24) is 10.3 Å². The standard InChI is InChI=1S/C12H20N4/c1-13-10-5-7-16(8-6-10)11-3-4-12(14-2)15-9-11/h3-4,9-10,13H,5-8H2,1-2H3,(H,14,15). The predicted octanol–water partition coefficient (Wildman–Crippen LogP) is 1.31. The fourth-order valence-electron chi connectivity index (χ4n) is 2.15. The number of nitrogens with zero attached hydrogens (tertiary/aromatic N) is 2. The van der Waals surface area contributed by atoms with Crippen LogP contribution in [-0.4, -0.2) is 38.2 Å². The van der Waals surface area contributed by atoms with Gasteiger partial charge in [0.1, 0.15) is 5.82 Å². The lowest BCUT2D eigenvalue weighted by molar-refractivity contribution is 0.442. The summed E-state index contributed by atoms with van der Waals surface area (Å²) in [5.74, 6) is 0.925. The first-order valence-corrected chi connectivity index (χ1v) is 5.89. The SMILES string of the molecule is CNc1ccc(N2CCC(NC)CC2)cn1. The fraction of sp³-hybridized carbons (Fsp3) is 0.583. The van der Waals surface area contributed by atoms with Gasteiger partial charge in [-0.05, 0) is 32.0 Å². The quantitative estimate of drug-likeness (QED) is 0.806. The summed E-state index contributed by atoms with van der Waals surface area (Å²) >= 11 is 0. The highest BCUT2D eigenvalue weighted by Crippen LogP contribution is 2.19. The molecule has 1 aliphatic heterocycles. The molecule has 0 bridgehead atoms. The number of piperidine rings is 1. The van der Waals surface area contributed by atoms with Gasteiger partial charge < -0.3 is 15.5 Å². The first kappa shape index (κ1) is 11.2. The second kappa shape index (κ2) is 5.16. The third-order valence-corrected chi connectivity index (χ3v) is 3.27. The number of aromatic nitrogens is 1. The van der Waals surface area contributed by atoms with Crippen LogP contribution in [0.15, 0.2) is 18.3 Å². The van der Waals surface area contributed by atoms with Gasteiger partial charge in [0, 0.05) is 26.2 Å². The maximum atomic E-state index is 4.34. The highest BCUT2D eigenvalue weighted by Gasteiger charge is 2.17. The van der Waals surface area contributed by atoms with Crippen LogP contribution in [0.3, 0.4) is 0 Å². The average Bonchev–Trinajstić information content (AvgIpc) is 2.39. The molecule has 0 radical (unpaired) electrons. The molecule has 0 aromatic carbocycles. The molecule has 4 heteroatoms. The van der Waals surface area contributed by atoms with Crippen molar-refractivity contribution in [2.45, 2.75) is 18.9 Å². The highest BCUT2D eigenvalue weighted by molar-refractivity contribution is 5.49. The summed E-state index contributed by atoms with van der Waals surface area (Å²) in [4.78, 5) is 6.75. The Balaban J connectivity index is 1.97. The smallest absolute Gasteiger partial charge is 0.125 e. The van der Waals surface area contributed by atoms with E-state index in [1.165, 1.54) is 18.5 Å². The lowest BCUT2D eigenvalue weighted by atomic mass is 10.1. The van der Waals surface area contributed by atoms with Crippen molar-refractivity contribution in [3.63, 3.8) is 0 Å². The molecule has 16 heavy (non-hydrogen) atoms. The summed E-state index contributed by atoms with van der Waals surface area (Å²) in [5.41, 5.74) is 1.23. The summed E-state index contributed by atoms with van der Waals surface area (Å²) in [5, 5.41) is 6.38. The lowest BCUT2D eigenvalue weighted by Gasteiger charge is -2.33. The van der Waals surface area contributed by atoms with E-state index in [2.05, 4.69) is 26.6 Å². The zero-order valence-electron chi connectivity index (χ0n) is 10.0. The van der Waals surface area contributed by atoms with Crippen LogP contribution in [0.2, 0.25) is 0 Å².